The minimum Gasteiger partial charge on any atom is -0.453 e. The van der Waals surface area contributed by atoms with E-state index >= 15 is 4.39 Å². The molecule has 0 fully saturated rings. The first-order valence-corrected chi connectivity index (χ1v) is 12.1. The van der Waals surface area contributed by atoms with Crippen molar-refractivity contribution >= 4 is 19.4 Å². The lowest BCUT2D eigenvalue weighted by molar-refractivity contribution is 0.118. The number of pyridine rings is 1. The largest absolute Gasteiger partial charge is 0.453 e. The zero-order valence-corrected chi connectivity index (χ0v) is 16.7. The lowest BCUT2D eigenvalue weighted by atomic mass is 9.92. The summed E-state index contributed by atoms with van der Waals surface area (Å²) in [6.07, 6.45) is 0.766. The minimum absolute atomic E-state index is 0.0169. The maximum atomic E-state index is 15.2. The number of nitrogens with zero attached hydrogens (tertiary/aromatic N) is 2. The van der Waals surface area contributed by atoms with Gasteiger partial charge in [-0.2, -0.15) is 0 Å². The van der Waals surface area contributed by atoms with Crippen LogP contribution in [0.5, 0.6) is 0 Å². The smallest absolute Gasteiger partial charge is 0.409 e. The first-order valence-electron chi connectivity index (χ1n) is 8.63. The summed E-state index contributed by atoms with van der Waals surface area (Å²) in [5.74, 6) is -1.79. The van der Waals surface area contributed by atoms with Crippen molar-refractivity contribution in [3.63, 3.8) is 0 Å². The van der Waals surface area contributed by atoms with Crippen LogP contribution in [0.2, 0.25) is 19.6 Å². The van der Waals surface area contributed by atoms with Gasteiger partial charge in [0.05, 0.1) is 27.9 Å². The molecular weight excluding hydrogens is 373 g/mol. The lowest BCUT2D eigenvalue weighted by Gasteiger charge is -2.29. The highest BCUT2D eigenvalue weighted by Gasteiger charge is 2.31. The van der Waals surface area contributed by atoms with Gasteiger partial charge in [0.25, 0.3) is 0 Å². The van der Waals surface area contributed by atoms with Crippen molar-refractivity contribution in [2.24, 2.45) is 0 Å². The predicted molar refractivity (Wildman–Crippen MR) is 99.0 cm³/mol. The van der Waals surface area contributed by atoms with Gasteiger partial charge < -0.3 is 9.64 Å². The van der Waals surface area contributed by atoms with Crippen molar-refractivity contribution in [2.45, 2.75) is 32.6 Å². The Morgan fingerprint density at radius 2 is 1.85 bits per heavy atom. The van der Waals surface area contributed by atoms with Crippen LogP contribution in [0, 0.1) is 17.5 Å². The van der Waals surface area contributed by atoms with Crippen molar-refractivity contribution in [2.75, 3.05) is 13.7 Å². The van der Waals surface area contributed by atoms with Crippen LogP contribution in [-0.2, 0) is 17.7 Å². The van der Waals surface area contributed by atoms with Gasteiger partial charge >= 0.3 is 6.09 Å². The summed E-state index contributed by atoms with van der Waals surface area (Å²) in [5.41, 5.74) is 1.26. The summed E-state index contributed by atoms with van der Waals surface area (Å²) in [5, 5.41) is 0.0613. The maximum Gasteiger partial charge on any atom is 0.409 e. The molecule has 1 aromatic carbocycles. The highest BCUT2D eigenvalue weighted by atomic mass is 28.3. The second-order valence-corrected chi connectivity index (χ2v) is 12.6. The normalized spacial score (nSPS) is 14.1. The topological polar surface area (TPSA) is 42.4 Å². The molecule has 8 heteroatoms. The fourth-order valence-corrected chi connectivity index (χ4v) is 5.04. The van der Waals surface area contributed by atoms with E-state index in [1.165, 1.54) is 24.1 Å². The van der Waals surface area contributed by atoms with E-state index in [1.54, 1.807) is 0 Å². The molecule has 2 heterocycles. The third-order valence-corrected chi connectivity index (χ3v) is 6.72. The molecular formula is C19H21F3N2O2Si. The van der Waals surface area contributed by atoms with Gasteiger partial charge in [-0.25, -0.2) is 18.0 Å². The third-order valence-electron chi connectivity index (χ3n) is 4.77. The van der Waals surface area contributed by atoms with E-state index < -0.39 is 31.6 Å². The third kappa shape index (κ3) is 3.45. The van der Waals surface area contributed by atoms with E-state index in [-0.39, 0.29) is 23.8 Å². The molecule has 0 unspecified atom stereocenters. The monoisotopic (exact) mass is 394 g/mol. The molecule has 1 aromatic heterocycles. The highest BCUT2D eigenvalue weighted by molar-refractivity contribution is 6.88. The number of ether oxygens (including phenoxy) is 1. The van der Waals surface area contributed by atoms with Crippen LogP contribution in [0.1, 0.15) is 11.1 Å². The molecule has 3 rings (SSSR count). The van der Waals surface area contributed by atoms with Gasteiger partial charge in [0.2, 0.25) is 0 Å². The van der Waals surface area contributed by atoms with Crippen molar-refractivity contribution < 1.29 is 22.7 Å². The SMILES string of the molecule is COC(=O)N1CCc2c(F)ccc(-c3ncc(F)c([Si](C)(C)C)c3F)c2C1. The van der Waals surface area contributed by atoms with Crippen LogP contribution in [0.15, 0.2) is 18.3 Å². The average Bonchev–Trinajstić information content (AvgIpc) is 2.61. The number of amides is 1. The Morgan fingerprint density at radius 3 is 2.48 bits per heavy atom. The van der Waals surface area contributed by atoms with Gasteiger partial charge in [-0.05, 0) is 29.7 Å². The zero-order valence-electron chi connectivity index (χ0n) is 15.7. The fraction of sp³-hybridized carbons (Fsp3) is 0.368. The van der Waals surface area contributed by atoms with Gasteiger partial charge in [0.15, 0.2) is 5.82 Å². The average molecular weight is 394 g/mol. The first kappa shape index (κ1) is 19.4. The fourth-order valence-electron chi connectivity index (χ4n) is 3.48. The lowest BCUT2D eigenvalue weighted by Crippen LogP contribution is -2.43. The van der Waals surface area contributed by atoms with Gasteiger partial charge in [0.1, 0.15) is 17.3 Å². The van der Waals surface area contributed by atoms with Crippen LogP contribution in [0.25, 0.3) is 11.3 Å². The molecule has 0 spiro atoms. The summed E-state index contributed by atoms with van der Waals surface area (Å²) in [4.78, 5) is 17.3. The van der Waals surface area contributed by atoms with Gasteiger partial charge in [0, 0.05) is 17.3 Å². The van der Waals surface area contributed by atoms with Crippen LogP contribution in [-0.4, -0.2) is 37.7 Å². The number of fused-ring (bicyclic) bond motifs is 1. The molecule has 144 valence electrons. The number of methoxy groups -OCH3 is 1. The minimum atomic E-state index is -2.32. The van der Waals surface area contributed by atoms with E-state index in [9.17, 15) is 13.6 Å². The molecule has 0 aliphatic carbocycles. The quantitative estimate of drug-likeness (QED) is 0.727. The summed E-state index contributed by atoms with van der Waals surface area (Å²) >= 11 is 0. The summed E-state index contributed by atoms with van der Waals surface area (Å²) in [6.45, 7) is 5.92. The second-order valence-electron chi connectivity index (χ2n) is 7.59. The van der Waals surface area contributed by atoms with Crippen LogP contribution in [0.3, 0.4) is 0 Å². The Bertz CT molecular complexity index is 913. The Kier molecular flexibility index (Phi) is 5.03. The number of rotatable bonds is 2. The summed E-state index contributed by atoms with van der Waals surface area (Å²) in [6, 6.07) is 2.70. The molecule has 0 saturated carbocycles. The Morgan fingerprint density at radius 1 is 1.15 bits per heavy atom. The van der Waals surface area contributed by atoms with Crippen LogP contribution in [0.4, 0.5) is 18.0 Å². The summed E-state index contributed by atoms with van der Waals surface area (Å²) in [7, 11) is -1.05. The molecule has 0 saturated heterocycles. The van der Waals surface area contributed by atoms with Gasteiger partial charge in [-0.1, -0.05) is 19.6 Å². The summed E-state index contributed by atoms with van der Waals surface area (Å²) < 4.78 is 48.6. The van der Waals surface area contributed by atoms with E-state index in [2.05, 4.69) is 4.98 Å². The maximum absolute atomic E-state index is 15.2. The number of carbonyl (C=O) groups excluding carboxylic acids is 1. The molecule has 1 aliphatic heterocycles. The van der Waals surface area contributed by atoms with E-state index in [4.69, 9.17) is 4.74 Å². The van der Waals surface area contributed by atoms with Crippen molar-refractivity contribution in [3.05, 3.63) is 46.9 Å². The molecule has 0 N–H and O–H groups in total. The van der Waals surface area contributed by atoms with Crippen LogP contribution >= 0.6 is 0 Å². The number of hydrogen-bond acceptors (Lipinski definition) is 3. The first-order chi connectivity index (χ1) is 12.6. The zero-order chi connectivity index (χ0) is 19.9. The Hall–Kier alpha value is -2.35. The van der Waals surface area contributed by atoms with E-state index in [0.29, 0.717) is 23.2 Å². The number of halogens is 3. The predicted octanol–water partition coefficient (Wildman–Crippen LogP) is 3.84. The number of hydrogen-bond donors (Lipinski definition) is 0. The van der Waals surface area contributed by atoms with Crippen molar-refractivity contribution in [3.8, 4) is 11.3 Å². The number of benzene rings is 1. The van der Waals surface area contributed by atoms with Crippen LogP contribution < -0.4 is 5.19 Å². The molecule has 4 nitrogen and oxygen atoms in total. The van der Waals surface area contributed by atoms with Crippen molar-refractivity contribution in [1.29, 1.82) is 0 Å². The number of aromatic nitrogens is 1. The van der Waals surface area contributed by atoms with E-state index in [0.717, 1.165) is 6.20 Å². The Labute approximate surface area is 157 Å². The molecule has 0 radical (unpaired) electrons. The molecule has 27 heavy (non-hydrogen) atoms. The van der Waals surface area contributed by atoms with Gasteiger partial charge in [-0.15, -0.1) is 0 Å². The van der Waals surface area contributed by atoms with Crippen molar-refractivity contribution in [1.82, 2.24) is 9.88 Å². The van der Waals surface area contributed by atoms with Gasteiger partial charge in [-0.3, -0.25) is 4.98 Å². The van der Waals surface area contributed by atoms with E-state index in [1.807, 2.05) is 19.6 Å². The second kappa shape index (κ2) is 6.99. The Balaban J connectivity index is 2.19. The standard InChI is InChI=1S/C19H21F3N2O2Si/c1-26-19(25)24-8-7-11-13(10-24)12(5-6-14(11)20)17-16(22)18(27(2,3)4)15(21)9-23-17/h5-6,9H,7-8,10H2,1-4H3. The number of carbonyl (C=O) groups is 1. The molecule has 0 atom stereocenters. The molecule has 1 aliphatic rings. The molecule has 0 bridgehead atoms. The molecule has 2 aromatic rings. The highest BCUT2D eigenvalue weighted by Crippen LogP contribution is 2.33. The molecule has 1 amide bonds.